The van der Waals surface area contributed by atoms with Crippen LogP contribution < -0.4 is 9.47 Å². The van der Waals surface area contributed by atoms with Gasteiger partial charge in [0, 0.05) is 18.2 Å². The van der Waals surface area contributed by atoms with Gasteiger partial charge in [0.05, 0.1) is 17.6 Å². The molecule has 0 N–H and O–H groups in total. The van der Waals surface area contributed by atoms with Crippen molar-refractivity contribution >= 4 is 15.8 Å². The second-order valence-electron chi connectivity index (χ2n) is 5.92. The van der Waals surface area contributed by atoms with E-state index in [9.17, 15) is 13.2 Å². The molecule has 0 aliphatic carbocycles. The molecule has 2 aromatic carbocycles. The summed E-state index contributed by atoms with van der Waals surface area (Å²) in [6.45, 7) is 1.93. The van der Waals surface area contributed by atoms with E-state index < -0.39 is 15.8 Å². The van der Waals surface area contributed by atoms with Gasteiger partial charge in [-0.3, -0.25) is 0 Å². The summed E-state index contributed by atoms with van der Waals surface area (Å²) < 4.78 is 39.4. The maximum atomic E-state index is 11.9. The van der Waals surface area contributed by atoms with E-state index in [0.29, 0.717) is 29.2 Å². The Labute approximate surface area is 146 Å². The molecule has 25 heavy (non-hydrogen) atoms. The first-order valence-electron chi connectivity index (χ1n) is 7.68. The van der Waals surface area contributed by atoms with Crippen LogP contribution in [0.5, 0.6) is 17.2 Å². The fourth-order valence-electron chi connectivity index (χ4n) is 2.68. The van der Waals surface area contributed by atoms with Gasteiger partial charge in [0.1, 0.15) is 23.4 Å². The molecule has 1 atom stereocenters. The fourth-order valence-corrected chi connectivity index (χ4v) is 3.31. The van der Waals surface area contributed by atoms with E-state index in [-0.39, 0.29) is 11.0 Å². The van der Waals surface area contributed by atoms with E-state index in [1.54, 1.807) is 24.3 Å². The zero-order chi connectivity index (χ0) is 18.2. The number of hydrogen-bond acceptors (Lipinski definition) is 6. The van der Waals surface area contributed by atoms with Crippen molar-refractivity contribution in [3.05, 3.63) is 47.5 Å². The number of esters is 1. The highest BCUT2D eigenvalue weighted by Crippen LogP contribution is 2.39. The third kappa shape index (κ3) is 3.61. The quantitative estimate of drug-likeness (QED) is 0.778. The van der Waals surface area contributed by atoms with Crippen LogP contribution in [0.4, 0.5) is 0 Å². The van der Waals surface area contributed by atoms with Crippen molar-refractivity contribution in [2.24, 2.45) is 0 Å². The highest BCUT2D eigenvalue weighted by molar-refractivity contribution is 7.90. The molecule has 1 unspecified atom stereocenters. The molecular weight excluding hydrogens is 344 g/mol. The SMILES string of the molecule is COC(=O)c1cc(Oc2ccc(S(C)(=O)=O)cc2)c2c(c1)OC(C)C2. The van der Waals surface area contributed by atoms with Crippen LogP contribution in [0.1, 0.15) is 22.8 Å². The summed E-state index contributed by atoms with van der Waals surface area (Å²) in [6, 6.07) is 9.36. The van der Waals surface area contributed by atoms with Crippen LogP contribution in [0, 0.1) is 0 Å². The molecule has 0 radical (unpaired) electrons. The predicted octanol–water partition coefficient (Wildman–Crippen LogP) is 2.99. The Morgan fingerprint density at radius 3 is 2.48 bits per heavy atom. The van der Waals surface area contributed by atoms with Gasteiger partial charge in [0.2, 0.25) is 0 Å². The summed E-state index contributed by atoms with van der Waals surface area (Å²) in [7, 11) is -1.96. The molecule has 1 heterocycles. The van der Waals surface area contributed by atoms with Crippen LogP contribution in [0.2, 0.25) is 0 Å². The van der Waals surface area contributed by atoms with E-state index >= 15 is 0 Å². The highest BCUT2D eigenvalue weighted by atomic mass is 32.2. The second kappa shape index (κ2) is 6.40. The minimum atomic E-state index is -3.27. The molecule has 3 rings (SSSR count). The number of rotatable bonds is 4. The van der Waals surface area contributed by atoms with Gasteiger partial charge in [-0.2, -0.15) is 0 Å². The summed E-state index contributed by atoms with van der Waals surface area (Å²) in [5.74, 6) is 1.08. The first-order chi connectivity index (χ1) is 11.8. The van der Waals surface area contributed by atoms with Crippen LogP contribution in [0.25, 0.3) is 0 Å². The molecule has 0 bridgehead atoms. The first-order valence-corrected chi connectivity index (χ1v) is 9.57. The lowest BCUT2D eigenvalue weighted by molar-refractivity contribution is 0.0600. The molecule has 1 aliphatic heterocycles. The number of hydrogen-bond donors (Lipinski definition) is 0. The van der Waals surface area contributed by atoms with Crippen molar-refractivity contribution in [1.82, 2.24) is 0 Å². The number of sulfone groups is 1. The Morgan fingerprint density at radius 1 is 1.20 bits per heavy atom. The summed E-state index contributed by atoms with van der Waals surface area (Å²) in [5.41, 5.74) is 1.20. The van der Waals surface area contributed by atoms with Gasteiger partial charge in [0.15, 0.2) is 9.84 Å². The third-order valence-electron chi connectivity index (χ3n) is 3.89. The molecule has 0 fully saturated rings. The molecule has 132 valence electrons. The molecule has 6 nitrogen and oxygen atoms in total. The molecular formula is C18H18O6S. The Morgan fingerprint density at radius 2 is 1.88 bits per heavy atom. The lowest BCUT2D eigenvalue weighted by Gasteiger charge is -2.12. The summed E-state index contributed by atoms with van der Waals surface area (Å²) in [6.07, 6.45) is 1.79. The Hall–Kier alpha value is -2.54. The molecule has 0 amide bonds. The lowest BCUT2D eigenvalue weighted by Crippen LogP contribution is -2.05. The fraction of sp³-hybridized carbons (Fsp3) is 0.278. The maximum absolute atomic E-state index is 11.9. The van der Waals surface area contributed by atoms with E-state index in [4.69, 9.17) is 14.2 Å². The number of methoxy groups -OCH3 is 1. The van der Waals surface area contributed by atoms with E-state index in [1.165, 1.54) is 19.2 Å². The Balaban J connectivity index is 1.97. The van der Waals surface area contributed by atoms with Crippen molar-refractivity contribution in [2.45, 2.75) is 24.3 Å². The van der Waals surface area contributed by atoms with Gasteiger partial charge in [-0.15, -0.1) is 0 Å². The van der Waals surface area contributed by atoms with Crippen molar-refractivity contribution in [2.75, 3.05) is 13.4 Å². The Bertz CT molecular complexity index is 915. The van der Waals surface area contributed by atoms with E-state index in [2.05, 4.69) is 0 Å². The van der Waals surface area contributed by atoms with Crippen LogP contribution in [0.15, 0.2) is 41.3 Å². The summed E-state index contributed by atoms with van der Waals surface area (Å²) in [4.78, 5) is 12.1. The van der Waals surface area contributed by atoms with Crippen LogP contribution in [-0.4, -0.2) is 33.9 Å². The molecule has 0 spiro atoms. The molecule has 0 saturated heterocycles. The number of benzene rings is 2. The zero-order valence-electron chi connectivity index (χ0n) is 14.1. The zero-order valence-corrected chi connectivity index (χ0v) is 14.9. The van der Waals surface area contributed by atoms with Crippen molar-refractivity contribution in [3.63, 3.8) is 0 Å². The molecule has 2 aromatic rings. The van der Waals surface area contributed by atoms with Gasteiger partial charge in [-0.05, 0) is 43.3 Å². The average Bonchev–Trinajstić information content (AvgIpc) is 2.94. The largest absolute Gasteiger partial charge is 0.490 e. The molecule has 0 aromatic heterocycles. The van der Waals surface area contributed by atoms with Crippen molar-refractivity contribution < 1.29 is 27.4 Å². The van der Waals surface area contributed by atoms with Crippen molar-refractivity contribution in [1.29, 1.82) is 0 Å². The van der Waals surface area contributed by atoms with Gasteiger partial charge in [0.25, 0.3) is 0 Å². The average molecular weight is 362 g/mol. The summed E-state index contributed by atoms with van der Waals surface area (Å²) >= 11 is 0. The monoisotopic (exact) mass is 362 g/mol. The topological polar surface area (TPSA) is 78.9 Å². The van der Waals surface area contributed by atoms with Crippen LogP contribution in [-0.2, 0) is 21.0 Å². The molecule has 0 saturated carbocycles. The van der Waals surface area contributed by atoms with Gasteiger partial charge >= 0.3 is 5.97 Å². The summed E-state index contributed by atoms with van der Waals surface area (Å²) in [5, 5.41) is 0. The van der Waals surface area contributed by atoms with Crippen LogP contribution in [0.3, 0.4) is 0 Å². The number of fused-ring (bicyclic) bond motifs is 1. The third-order valence-corrected chi connectivity index (χ3v) is 5.02. The number of carbonyl (C=O) groups is 1. The van der Waals surface area contributed by atoms with Gasteiger partial charge in [-0.25, -0.2) is 13.2 Å². The smallest absolute Gasteiger partial charge is 0.338 e. The molecule has 7 heteroatoms. The van der Waals surface area contributed by atoms with E-state index in [1.807, 2.05) is 6.92 Å². The number of ether oxygens (including phenoxy) is 3. The normalized spacial score (nSPS) is 16.0. The van der Waals surface area contributed by atoms with Crippen LogP contribution >= 0.6 is 0 Å². The second-order valence-corrected chi connectivity index (χ2v) is 7.94. The van der Waals surface area contributed by atoms with Gasteiger partial charge < -0.3 is 14.2 Å². The minimum Gasteiger partial charge on any atom is -0.490 e. The lowest BCUT2D eigenvalue weighted by atomic mass is 10.1. The minimum absolute atomic E-state index is 0.0159. The predicted molar refractivity (Wildman–Crippen MR) is 91.2 cm³/mol. The maximum Gasteiger partial charge on any atom is 0.338 e. The standard InChI is InChI=1S/C18H18O6S/c1-11-8-15-16(23-11)9-12(18(19)22-2)10-17(15)24-13-4-6-14(7-5-13)25(3,20)21/h4-7,9-11H,8H2,1-3H3. The van der Waals surface area contributed by atoms with Crippen molar-refractivity contribution in [3.8, 4) is 17.2 Å². The highest BCUT2D eigenvalue weighted by Gasteiger charge is 2.26. The van der Waals surface area contributed by atoms with E-state index in [0.717, 1.165) is 11.8 Å². The Kier molecular flexibility index (Phi) is 4.43. The van der Waals surface area contributed by atoms with Gasteiger partial charge in [-0.1, -0.05) is 0 Å². The molecule has 1 aliphatic rings. The number of carbonyl (C=O) groups excluding carboxylic acids is 1. The first kappa shape index (κ1) is 17.3.